The van der Waals surface area contributed by atoms with E-state index in [0.717, 1.165) is 30.7 Å². The first-order valence-corrected chi connectivity index (χ1v) is 7.62. The molecule has 116 valence electrons. The molecule has 0 aliphatic heterocycles. The maximum Gasteiger partial charge on any atom is 0.230 e. The summed E-state index contributed by atoms with van der Waals surface area (Å²) in [6.07, 6.45) is 6.89. The number of aromatic nitrogens is 2. The second kappa shape index (κ2) is 5.91. The molecule has 1 aliphatic carbocycles. The zero-order valence-electron chi connectivity index (χ0n) is 12.7. The summed E-state index contributed by atoms with van der Waals surface area (Å²) in [5.41, 5.74) is 0.234. The first-order chi connectivity index (χ1) is 10.6. The van der Waals surface area contributed by atoms with E-state index < -0.39 is 5.41 Å². The van der Waals surface area contributed by atoms with E-state index in [1.165, 1.54) is 12.1 Å². The summed E-state index contributed by atoms with van der Waals surface area (Å²) in [7, 11) is 1.93. The average Bonchev–Trinajstić information content (AvgIpc) is 2.83. The Kier molecular flexibility index (Phi) is 3.96. The van der Waals surface area contributed by atoms with Gasteiger partial charge in [-0.2, -0.15) is 0 Å². The summed E-state index contributed by atoms with van der Waals surface area (Å²) >= 11 is 0. The number of imidazole rings is 1. The number of hydrogen-bond acceptors (Lipinski definition) is 2. The van der Waals surface area contributed by atoms with Crippen LogP contribution in [0.4, 0.5) is 4.39 Å². The van der Waals surface area contributed by atoms with Crippen LogP contribution in [0.2, 0.25) is 0 Å². The Balaban J connectivity index is 1.66. The highest BCUT2D eigenvalue weighted by Gasteiger charge is 2.45. The Bertz CT molecular complexity index is 676. The number of benzene rings is 1. The summed E-state index contributed by atoms with van der Waals surface area (Å²) in [4.78, 5) is 16.9. The van der Waals surface area contributed by atoms with Crippen molar-refractivity contribution in [2.24, 2.45) is 7.05 Å². The van der Waals surface area contributed by atoms with Gasteiger partial charge >= 0.3 is 0 Å². The Morgan fingerprint density at radius 1 is 1.45 bits per heavy atom. The van der Waals surface area contributed by atoms with Crippen LogP contribution in [-0.2, 0) is 23.7 Å². The van der Waals surface area contributed by atoms with Crippen molar-refractivity contribution in [3.8, 4) is 0 Å². The van der Waals surface area contributed by atoms with Crippen molar-refractivity contribution in [2.75, 3.05) is 6.54 Å². The lowest BCUT2D eigenvalue weighted by molar-refractivity contribution is -0.129. The molecule has 4 nitrogen and oxygen atoms in total. The predicted octanol–water partition coefficient (Wildman–Crippen LogP) is 2.34. The number of nitrogens with one attached hydrogen (secondary N) is 1. The van der Waals surface area contributed by atoms with E-state index in [-0.39, 0.29) is 11.7 Å². The lowest BCUT2D eigenvalue weighted by Crippen LogP contribution is -2.49. The average molecular weight is 301 g/mol. The molecule has 0 bridgehead atoms. The van der Waals surface area contributed by atoms with Crippen LogP contribution < -0.4 is 5.32 Å². The normalized spacial score (nSPS) is 16.1. The van der Waals surface area contributed by atoms with Crippen molar-refractivity contribution in [2.45, 2.75) is 31.1 Å². The van der Waals surface area contributed by atoms with E-state index in [9.17, 15) is 9.18 Å². The van der Waals surface area contributed by atoms with Crippen molar-refractivity contribution in [1.29, 1.82) is 0 Å². The number of carbonyl (C=O) groups is 1. The number of carbonyl (C=O) groups excluding carboxylic acids is 1. The lowest BCUT2D eigenvalue weighted by atomic mass is 9.64. The second-order valence-corrected chi connectivity index (χ2v) is 5.91. The minimum Gasteiger partial charge on any atom is -0.355 e. The van der Waals surface area contributed by atoms with E-state index in [0.29, 0.717) is 13.0 Å². The van der Waals surface area contributed by atoms with Crippen LogP contribution >= 0.6 is 0 Å². The third kappa shape index (κ3) is 2.63. The highest BCUT2D eigenvalue weighted by atomic mass is 19.1. The van der Waals surface area contributed by atoms with E-state index in [4.69, 9.17) is 0 Å². The monoisotopic (exact) mass is 301 g/mol. The van der Waals surface area contributed by atoms with Gasteiger partial charge in [0.25, 0.3) is 0 Å². The third-order valence-corrected chi connectivity index (χ3v) is 4.57. The molecule has 22 heavy (non-hydrogen) atoms. The molecule has 1 aromatic carbocycles. The zero-order chi connectivity index (χ0) is 15.6. The van der Waals surface area contributed by atoms with E-state index >= 15 is 0 Å². The van der Waals surface area contributed by atoms with Gasteiger partial charge in [-0.25, -0.2) is 9.37 Å². The van der Waals surface area contributed by atoms with Crippen molar-refractivity contribution in [3.63, 3.8) is 0 Å². The SMILES string of the molecule is Cn1ccnc1CCNC(=O)C1(c2cccc(F)c2)CCC1. The van der Waals surface area contributed by atoms with Gasteiger partial charge in [0, 0.05) is 32.4 Å². The topological polar surface area (TPSA) is 46.9 Å². The molecule has 0 atom stereocenters. The fraction of sp³-hybridized carbons (Fsp3) is 0.412. The summed E-state index contributed by atoms with van der Waals surface area (Å²) in [6, 6.07) is 6.42. The Hall–Kier alpha value is -2.17. The molecule has 1 N–H and O–H groups in total. The summed E-state index contributed by atoms with van der Waals surface area (Å²) in [5.74, 6) is 0.650. The van der Waals surface area contributed by atoms with Crippen molar-refractivity contribution in [3.05, 3.63) is 53.9 Å². The molecule has 1 saturated carbocycles. The molecule has 1 fully saturated rings. The number of halogens is 1. The molecule has 0 radical (unpaired) electrons. The van der Waals surface area contributed by atoms with Gasteiger partial charge < -0.3 is 9.88 Å². The van der Waals surface area contributed by atoms with Gasteiger partial charge in [-0.1, -0.05) is 18.6 Å². The number of rotatable bonds is 5. The molecule has 1 aromatic heterocycles. The highest BCUT2D eigenvalue weighted by Crippen LogP contribution is 2.44. The Morgan fingerprint density at radius 3 is 2.86 bits per heavy atom. The molecule has 1 amide bonds. The summed E-state index contributed by atoms with van der Waals surface area (Å²) in [6.45, 7) is 0.542. The molecule has 0 spiro atoms. The van der Waals surface area contributed by atoms with Crippen LogP contribution in [0, 0.1) is 5.82 Å². The van der Waals surface area contributed by atoms with Gasteiger partial charge in [0.05, 0.1) is 5.41 Å². The van der Waals surface area contributed by atoms with Gasteiger partial charge in [0.15, 0.2) is 0 Å². The Morgan fingerprint density at radius 2 is 2.27 bits per heavy atom. The van der Waals surface area contributed by atoms with Crippen molar-refractivity contribution in [1.82, 2.24) is 14.9 Å². The molecular weight excluding hydrogens is 281 g/mol. The number of hydrogen-bond donors (Lipinski definition) is 1. The summed E-state index contributed by atoms with van der Waals surface area (Å²) < 4.78 is 15.4. The quantitative estimate of drug-likeness (QED) is 0.921. The molecule has 1 heterocycles. The molecule has 0 saturated heterocycles. The third-order valence-electron chi connectivity index (χ3n) is 4.57. The fourth-order valence-electron chi connectivity index (χ4n) is 3.06. The number of amides is 1. The smallest absolute Gasteiger partial charge is 0.230 e. The number of aryl methyl sites for hydroxylation is 1. The van der Waals surface area contributed by atoms with Crippen LogP contribution in [0.3, 0.4) is 0 Å². The summed E-state index contributed by atoms with van der Waals surface area (Å²) in [5, 5.41) is 2.99. The lowest BCUT2D eigenvalue weighted by Gasteiger charge is -2.40. The second-order valence-electron chi connectivity index (χ2n) is 5.91. The van der Waals surface area contributed by atoms with Gasteiger partial charge in [0.1, 0.15) is 11.6 Å². The van der Waals surface area contributed by atoms with Gasteiger partial charge in [-0.3, -0.25) is 4.79 Å². The minimum absolute atomic E-state index is 0.00133. The van der Waals surface area contributed by atoms with Gasteiger partial charge in [-0.05, 0) is 30.5 Å². The van der Waals surface area contributed by atoms with Crippen molar-refractivity contribution >= 4 is 5.91 Å². The standard InChI is InChI=1S/C17H20FN3O/c1-21-11-10-19-15(21)6-9-20-16(22)17(7-3-8-17)13-4-2-5-14(18)12-13/h2,4-5,10-12H,3,6-9H2,1H3,(H,20,22). The van der Waals surface area contributed by atoms with E-state index in [1.807, 2.05) is 23.9 Å². The molecule has 3 rings (SSSR count). The van der Waals surface area contributed by atoms with E-state index in [1.54, 1.807) is 12.3 Å². The molecule has 1 aliphatic rings. The largest absolute Gasteiger partial charge is 0.355 e. The number of nitrogens with zero attached hydrogens (tertiary/aromatic N) is 2. The molecular formula is C17H20FN3O. The van der Waals surface area contributed by atoms with Gasteiger partial charge in [0.2, 0.25) is 5.91 Å². The first kappa shape index (κ1) is 14.8. The maximum atomic E-state index is 13.5. The highest BCUT2D eigenvalue weighted by molar-refractivity contribution is 5.89. The zero-order valence-corrected chi connectivity index (χ0v) is 12.7. The predicted molar refractivity (Wildman–Crippen MR) is 81.9 cm³/mol. The molecule has 5 heteroatoms. The van der Waals surface area contributed by atoms with Crippen LogP contribution in [0.1, 0.15) is 30.7 Å². The van der Waals surface area contributed by atoms with Crippen molar-refractivity contribution < 1.29 is 9.18 Å². The van der Waals surface area contributed by atoms with Crippen LogP contribution in [0.5, 0.6) is 0 Å². The van der Waals surface area contributed by atoms with Crippen LogP contribution in [-0.4, -0.2) is 22.0 Å². The minimum atomic E-state index is -0.552. The fourth-order valence-corrected chi connectivity index (χ4v) is 3.06. The van der Waals surface area contributed by atoms with Crippen LogP contribution in [0.15, 0.2) is 36.7 Å². The molecule has 0 unspecified atom stereocenters. The Labute approximate surface area is 129 Å². The van der Waals surface area contributed by atoms with Gasteiger partial charge in [-0.15, -0.1) is 0 Å². The first-order valence-electron chi connectivity index (χ1n) is 7.62. The van der Waals surface area contributed by atoms with Crippen LogP contribution in [0.25, 0.3) is 0 Å². The molecule has 2 aromatic rings. The maximum absolute atomic E-state index is 13.5. The van der Waals surface area contributed by atoms with E-state index in [2.05, 4.69) is 10.3 Å².